The van der Waals surface area contributed by atoms with E-state index in [1.807, 2.05) is 16.7 Å². The quantitative estimate of drug-likeness (QED) is 0.772. The van der Waals surface area contributed by atoms with E-state index in [1.165, 1.54) is 6.07 Å². The molecule has 1 heterocycles. The van der Waals surface area contributed by atoms with Crippen LogP contribution in [0, 0.1) is 0 Å². The molecule has 1 aromatic heterocycles. The second-order valence-electron chi connectivity index (χ2n) is 5.61. The van der Waals surface area contributed by atoms with Gasteiger partial charge < -0.3 is 9.67 Å². The standard InChI is InChI=1S/C18H14F3NO2/c19-18(20,21)15-3-1-2-13(8-15)11-22-7-6-14-5-4-12(9-16(14)22)10-17(23)24/h1-9H,10-11H2,(H,23,24). The molecule has 2 aromatic carbocycles. The van der Waals surface area contributed by atoms with Crippen molar-refractivity contribution in [2.24, 2.45) is 0 Å². The van der Waals surface area contributed by atoms with Gasteiger partial charge in [0, 0.05) is 18.3 Å². The molecule has 0 bridgehead atoms. The lowest BCUT2D eigenvalue weighted by molar-refractivity contribution is -0.138. The number of fused-ring (bicyclic) bond motifs is 1. The summed E-state index contributed by atoms with van der Waals surface area (Å²) in [5.41, 5.74) is 1.30. The molecule has 0 spiro atoms. The average Bonchev–Trinajstić information content (AvgIpc) is 2.89. The predicted molar refractivity (Wildman–Crippen MR) is 83.8 cm³/mol. The van der Waals surface area contributed by atoms with Crippen LogP contribution in [0.15, 0.2) is 54.7 Å². The molecular weight excluding hydrogens is 319 g/mol. The lowest BCUT2D eigenvalue weighted by Crippen LogP contribution is -2.06. The summed E-state index contributed by atoms with van der Waals surface area (Å²) in [5, 5.41) is 9.80. The van der Waals surface area contributed by atoms with Gasteiger partial charge >= 0.3 is 12.1 Å². The second kappa shape index (κ2) is 6.03. The highest BCUT2D eigenvalue weighted by Crippen LogP contribution is 2.30. The van der Waals surface area contributed by atoms with Crippen molar-refractivity contribution in [3.05, 3.63) is 71.4 Å². The maximum atomic E-state index is 12.8. The van der Waals surface area contributed by atoms with Gasteiger partial charge in [-0.25, -0.2) is 0 Å². The summed E-state index contributed by atoms with van der Waals surface area (Å²) in [6.45, 7) is 0.282. The number of carboxylic acid groups (broad SMARTS) is 1. The van der Waals surface area contributed by atoms with E-state index in [9.17, 15) is 18.0 Å². The number of alkyl halides is 3. The van der Waals surface area contributed by atoms with Crippen LogP contribution >= 0.6 is 0 Å². The minimum atomic E-state index is -4.37. The van der Waals surface area contributed by atoms with Crippen LogP contribution in [-0.4, -0.2) is 15.6 Å². The molecule has 0 radical (unpaired) electrons. The first-order chi connectivity index (χ1) is 11.3. The van der Waals surface area contributed by atoms with E-state index in [4.69, 9.17) is 5.11 Å². The van der Waals surface area contributed by atoms with Crippen LogP contribution in [0.25, 0.3) is 10.9 Å². The van der Waals surface area contributed by atoms with E-state index in [2.05, 4.69) is 0 Å². The number of halogens is 3. The van der Waals surface area contributed by atoms with Crippen molar-refractivity contribution in [3.8, 4) is 0 Å². The maximum absolute atomic E-state index is 12.8. The molecule has 3 aromatic rings. The van der Waals surface area contributed by atoms with E-state index in [-0.39, 0.29) is 13.0 Å². The van der Waals surface area contributed by atoms with E-state index in [0.717, 1.165) is 23.0 Å². The van der Waals surface area contributed by atoms with Gasteiger partial charge in [0.2, 0.25) is 0 Å². The van der Waals surface area contributed by atoms with Crippen LogP contribution in [0.1, 0.15) is 16.7 Å². The molecule has 3 rings (SSSR count). The number of nitrogens with zero attached hydrogens (tertiary/aromatic N) is 1. The molecule has 6 heteroatoms. The Morgan fingerprint density at radius 2 is 1.83 bits per heavy atom. The van der Waals surface area contributed by atoms with Gasteiger partial charge in [0.25, 0.3) is 0 Å². The predicted octanol–water partition coefficient (Wildman–Crippen LogP) is 4.34. The lowest BCUT2D eigenvalue weighted by atomic mass is 10.1. The highest BCUT2D eigenvalue weighted by molar-refractivity contribution is 5.82. The summed E-state index contributed by atoms with van der Waals surface area (Å²) in [6, 6.07) is 12.4. The second-order valence-corrected chi connectivity index (χ2v) is 5.61. The van der Waals surface area contributed by atoms with E-state index in [1.54, 1.807) is 24.4 Å². The Hall–Kier alpha value is -2.76. The van der Waals surface area contributed by atoms with Gasteiger partial charge in [-0.05, 0) is 40.8 Å². The summed E-state index contributed by atoms with van der Waals surface area (Å²) >= 11 is 0. The van der Waals surface area contributed by atoms with Gasteiger partial charge in [-0.2, -0.15) is 13.2 Å². The van der Waals surface area contributed by atoms with Gasteiger partial charge in [-0.3, -0.25) is 4.79 Å². The number of hydrogen-bond acceptors (Lipinski definition) is 1. The summed E-state index contributed by atoms with van der Waals surface area (Å²) in [5.74, 6) is -0.926. The Kier molecular flexibility index (Phi) is 4.05. The van der Waals surface area contributed by atoms with Crippen LogP contribution in [0.3, 0.4) is 0 Å². The monoisotopic (exact) mass is 333 g/mol. The first-order valence-electron chi connectivity index (χ1n) is 7.28. The van der Waals surface area contributed by atoms with E-state index in [0.29, 0.717) is 11.1 Å². The van der Waals surface area contributed by atoms with Crippen molar-refractivity contribution in [3.63, 3.8) is 0 Å². The fourth-order valence-corrected chi connectivity index (χ4v) is 2.69. The fraction of sp³-hybridized carbons (Fsp3) is 0.167. The zero-order valence-electron chi connectivity index (χ0n) is 12.5. The van der Waals surface area contributed by atoms with Crippen LogP contribution in [0.2, 0.25) is 0 Å². The molecule has 0 amide bonds. The SMILES string of the molecule is O=C(O)Cc1ccc2ccn(Cc3cccc(C(F)(F)F)c3)c2c1. The number of hydrogen-bond donors (Lipinski definition) is 1. The Morgan fingerprint density at radius 1 is 1.04 bits per heavy atom. The molecule has 1 N–H and O–H groups in total. The number of aliphatic carboxylic acids is 1. The lowest BCUT2D eigenvalue weighted by Gasteiger charge is -2.10. The maximum Gasteiger partial charge on any atom is 0.416 e. The minimum Gasteiger partial charge on any atom is -0.481 e. The Morgan fingerprint density at radius 3 is 2.54 bits per heavy atom. The number of carbonyl (C=O) groups is 1. The normalized spacial score (nSPS) is 11.8. The summed E-state index contributed by atoms with van der Waals surface area (Å²) in [4.78, 5) is 10.8. The number of carboxylic acids is 1. The zero-order valence-corrected chi connectivity index (χ0v) is 12.5. The first-order valence-corrected chi connectivity index (χ1v) is 7.28. The largest absolute Gasteiger partial charge is 0.481 e. The molecule has 0 aliphatic carbocycles. The highest BCUT2D eigenvalue weighted by atomic mass is 19.4. The third-order valence-electron chi connectivity index (χ3n) is 3.80. The minimum absolute atomic E-state index is 0.0926. The van der Waals surface area contributed by atoms with Gasteiger partial charge in [0.1, 0.15) is 0 Å². The third-order valence-corrected chi connectivity index (χ3v) is 3.80. The first kappa shape index (κ1) is 16.1. The van der Waals surface area contributed by atoms with Gasteiger partial charge in [0.05, 0.1) is 12.0 Å². The molecule has 0 saturated carbocycles. The van der Waals surface area contributed by atoms with Crippen molar-refractivity contribution >= 4 is 16.9 Å². The van der Waals surface area contributed by atoms with Crippen molar-refractivity contribution in [1.29, 1.82) is 0 Å². The Balaban J connectivity index is 1.94. The zero-order chi connectivity index (χ0) is 17.3. The summed E-state index contributed by atoms with van der Waals surface area (Å²) in [7, 11) is 0. The van der Waals surface area contributed by atoms with Gasteiger partial charge in [0.15, 0.2) is 0 Å². The molecular formula is C18H14F3NO2. The Labute approximate surface area is 136 Å². The summed E-state index contributed by atoms with van der Waals surface area (Å²) < 4.78 is 40.3. The van der Waals surface area contributed by atoms with Crippen LogP contribution in [-0.2, 0) is 23.9 Å². The number of rotatable bonds is 4. The van der Waals surface area contributed by atoms with Crippen molar-refractivity contribution < 1.29 is 23.1 Å². The molecule has 3 nitrogen and oxygen atoms in total. The fourth-order valence-electron chi connectivity index (χ4n) is 2.69. The Bertz CT molecular complexity index is 897. The van der Waals surface area contributed by atoms with Crippen LogP contribution < -0.4 is 0 Å². The number of benzene rings is 2. The van der Waals surface area contributed by atoms with E-state index < -0.39 is 17.7 Å². The highest BCUT2D eigenvalue weighted by Gasteiger charge is 2.30. The number of aromatic nitrogens is 1. The molecule has 124 valence electrons. The summed E-state index contributed by atoms with van der Waals surface area (Å²) in [6.07, 6.45) is -2.68. The van der Waals surface area contributed by atoms with E-state index >= 15 is 0 Å². The smallest absolute Gasteiger partial charge is 0.416 e. The molecule has 24 heavy (non-hydrogen) atoms. The molecule has 0 saturated heterocycles. The molecule has 0 aliphatic rings. The molecule has 0 aliphatic heterocycles. The molecule has 0 fully saturated rings. The third kappa shape index (κ3) is 3.42. The van der Waals surface area contributed by atoms with Crippen molar-refractivity contribution in [2.75, 3.05) is 0 Å². The van der Waals surface area contributed by atoms with Crippen molar-refractivity contribution in [1.82, 2.24) is 4.57 Å². The van der Waals surface area contributed by atoms with Gasteiger partial charge in [-0.15, -0.1) is 0 Å². The molecule has 0 atom stereocenters. The topological polar surface area (TPSA) is 42.2 Å². The average molecular weight is 333 g/mol. The van der Waals surface area contributed by atoms with Crippen molar-refractivity contribution in [2.45, 2.75) is 19.1 Å². The van der Waals surface area contributed by atoms with Crippen LogP contribution in [0.4, 0.5) is 13.2 Å². The van der Waals surface area contributed by atoms with Gasteiger partial charge in [-0.1, -0.05) is 24.3 Å². The molecule has 0 unspecified atom stereocenters. The van der Waals surface area contributed by atoms with Crippen LogP contribution in [0.5, 0.6) is 0 Å².